The molecule has 1 N–H and O–H groups in total. The topological polar surface area (TPSA) is 46.2 Å². The van der Waals surface area contributed by atoms with Crippen LogP contribution in [0.15, 0.2) is 0 Å². The number of rotatable bonds is 7. The number of alkyl halides is 1. The third kappa shape index (κ3) is 5.83. The number of hydrogen-bond acceptors (Lipinski definition) is 3. The van der Waals surface area contributed by atoms with Gasteiger partial charge in [-0.3, -0.25) is 0 Å². The second-order valence-corrected chi connectivity index (χ2v) is 6.92. The van der Waals surface area contributed by atoms with E-state index in [1.165, 1.54) is 0 Å². The van der Waals surface area contributed by atoms with E-state index in [-0.39, 0.29) is 16.4 Å². The van der Waals surface area contributed by atoms with Crippen LogP contribution in [0.4, 0.5) is 0 Å². The van der Waals surface area contributed by atoms with Gasteiger partial charge >= 0.3 is 0 Å². The average Bonchev–Trinajstić information content (AvgIpc) is 2.11. The van der Waals surface area contributed by atoms with E-state index in [0.29, 0.717) is 13.1 Å². The van der Waals surface area contributed by atoms with Gasteiger partial charge < -0.3 is 5.32 Å². The molecule has 1 atom stereocenters. The quantitative estimate of drug-likeness (QED) is 0.542. The Hall–Kier alpha value is 0.200. The van der Waals surface area contributed by atoms with Gasteiger partial charge in [0, 0.05) is 18.5 Å². The molecule has 0 aromatic carbocycles. The zero-order chi connectivity index (χ0) is 11.2. The predicted octanol–water partition coefficient (Wildman–Crippen LogP) is 1.42. The average molecular weight is 242 g/mol. The summed E-state index contributed by atoms with van der Waals surface area (Å²) in [5.41, 5.74) is 0. The molecule has 86 valence electrons. The Morgan fingerprint density at radius 2 is 1.93 bits per heavy atom. The lowest BCUT2D eigenvalue weighted by Crippen LogP contribution is -2.30. The van der Waals surface area contributed by atoms with Gasteiger partial charge in [0.25, 0.3) is 0 Å². The van der Waals surface area contributed by atoms with Crippen LogP contribution in [0.25, 0.3) is 0 Å². The second kappa shape index (κ2) is 6.64. The molecule has 0 aromatic heterocycles. The molecule has 0 amide bonds. The number of sulfone groups is 1. The zero-order valence-electron chi connectivity index (χ0n) is 9.09. The Bertz CT molecular complexity index is 239. The molecule has 0 bridgehead atoms. The number of halogens is 1. The highest BCUT2D eigenvalue weighted by atomic mass is 35.5. The molecule has 1 unspecified atom stereocenters. The summed E-state index contributed by atoms with van der Waals surface area (Å²) in [6.07, 6.45) is 0.894. The Morgan fingerprint density at radius 3 is 2.36 bits per heavy atom. The van der Waals surface area contributed by atoms with Crippen LogP contribution < -0.4 is 5.32 Å². The van der Waals surface area contributed by atoms with Crippen LogP contribution in [-0.4, -0.2) is 37.9 Å². The maximum Gasteiger partial charge on any atom is 0.153 e. The van der Waals surface area contributed by atoms with Crippen LogP contribution in [0.2, 0.25) is 0 Å². The van der Waals surface area contributed by atoms with Gasteiger partial charge in [-0.05, 0) is 20.3 Å². The van der Waals surface area contributed by atoms with Crippen molar-refractivity contribution in [3.05, 3.63) is 0 Å². The maximum absolute atomic E-state index is 11.4. The van der Waals surface area contributed by atoms with Gasteiger partial charge in [-0.25, -0.2) is 8.42 Å². The summed E-state index contributed by atoms with van der Waals surface area (Å²) in [6.45, 7) is 6.57. The summed E-state index contributed by atoms with van der Waals surface area (Å²) in [7, 11) is -2.91. The summed E-state index contributed by atoms with van der Waals surface area (Å²) in [5.74, 6) is 0.192. The van der Waals surface area contributed by atoms with E-state index in [0.717, 1.165) is 6.42 Å². The van der Waals surface area contributed by atoms with Crippen LogP contribution in [-0.2, 0) is 9.84 Å². The van der Waals surface area contributed by atoms with E-state index >= 15 is 0 Å². The van der Waals surface area contributed by atoms with E-state index in [4.69, 9.17) is 11.6 Å². The lowest BCUT2D eigenvalue weighted by molar-refractivity contribution is 0.581. The maximum atomic E-state index is 11.4. The molecule has 0 fully saturated rings. The molecule has 0 saturated carbocycles. The fraction of sp³-hybridized carbons (Fsp3) is 1.00. The molecule has 0 aliphatic carbocycles. The van der Waals surface area contributed by atoms with Crippen molar-refractivity contribution in [1.82, 2.24) is 5.32 Å². The molecular weight excluding hydrogens is 222 g/mol. The molecule has 3 nitrogen and oxygen atoms in total. The fourth-order valence-corrected chi connectivity index (χ4v) is 1.86. The van der Waals surface area contributed by atoms with Crippen LogP contribution in [0.1, 0.15) is 27.2 Å². The zero-order valence-corrected chi connectivity index (χ0v) is 10.7. The molecule has 0 heterocycles. The molecule has 0 aromatic rings. The molecule has 5 heteroatoms. The van der Waals surface area contributed by atoms with Crippen molar-refractivity contribution in [2.75, 3.05) is 18.8 Å². The standard InChI is InChI=1S/C9H20ClNO2S/c1-4-9(10)7-11-5-6-14(12,13)8(2)3/h8-9,11H,4-7H2,1-3H3. The van der Waals surface area contributed by atoms with Gasteiger partial charge in [0.15, 0.2) is 9.84 Å². The molecule has 0 saturated heterocycles. The molecule has 0 spiro atoms. The fourth-order valence-electron chi connectivity index (χ4n) is 0.853. The minimum atomic E-state index is -2.91. The van der Waals surface area contributed by atoms with E-state index in [1.807, 2.05) is 6.92 Å². The second-order valence-electron chi connectivity index (χ2n) is 3.63. The first-order valence-corrected chi connectivity index (χ1v) is 7.11. The van der Waals surface area contributed by atoms with Crippen LogP contribution in [0.3, 0.4) is 0 Å². The highest BCUT2D eigenvalue weighted by Crippen LogP contribution is 2.00. The Morgan fingerprint density at radius 1 is 1.36 bits per heavy atom. The van der Waals surface area contributed by atoms with Gasteiger partial charge in [-0.15, -0.1) is 11.6 Å². The monoisotopic (exact) mass is 241 g/mol. The van der Waals surface area contributed by atoms with E-state index in [9.17, 15) is 8.42 Å². The molecule has 0 radical (unpaired) electrons. The van der Waals surface area contributed by atoms with Crippen molar-refractivity contribution in [3.63, 3.8) is 0 Å². The molecule has 0 aliphatic rings. The normalized spacial score (nSPS) is 14.6. The van der Waals surface area contributed by atoms with Gasteiger partial charge in [0.2, 0.25) is 0 Å². The Kier molecular flexibility index (Phi) is 6.74. The van der Waals surface area contributed by atoms with Crippen LogP contribution in [0.5, 0.6) is 0 Å². The lowest BCUT2D eigenvalue weighted by atomic mass is 10.3. The minimum Gasteiger partial charge on any atom is -0.314 e. The van der Waals surface area contributed by atoms with Gasteiger partial charge in [-0.1, -0.05) is 6.92 Å². The van der Waals surface area contributed by atoms with E-state index in [1.54, 1.807) is 13.8 Å². The Balaban J connectivity index is 3.65. The predicted molar refractivity (Wildman–Crippen MR) is 61.7 cm³/mol. The Labute approximate surface area is 92.1 Å². The van der Waals surface area contributed by atoms with Crippen molar-refractivity contribution in [1.29, 1.82) is 0 Å². The van der Waals surface area contributed by atoms with Crippen molar-refractivity contribution in [2.45, 2.75) is 37.8 Å². The van der Waals surface area contributed by atoms with Crippen molar-refractivity contribution >= 4 is 21.4 Å². The first kappa shape index (κ1) is 14.2. The first-order valence-electron chi connectivity index (χ1n) is 4.96. The van der Waals surface area contributed by atoms with E-state index < -0.39 is 9.84 Å². The highest BCUT2D eigenvalue weighted by Gasteiger charge is 2.15. The summed E-state index contributed by atoms with van der Waals surface area (Å²) < 4.78 is 22.7. The number of hydrogen-bond donors (Lipinski definition) is 1. The molecular formula is C9H20ClNO2S. The summed E-state index contributed by atoms with van der Waals surface area (Å²) >= 11 is 5.87. The minimum absolute atomic E-state index is 0.0942. The van der Waals surface area contributed by atoms with Crippen molar-refractivity contribution < 1.29 is 8.42 Å². The number of nitrogens with one attached hydrogen (secondary N) is 1. The summed E-state index contributed by atoms with van der Waals surface area (Å²) in [6, 6.07) is 0. The van der Waals surface area contributed by atoms with Crippen LogP contribution >= 0.6 is 11.6 Å². The van der Waals surface area contributed by atoms with Crippen LogP contribution in [0, 0.1) is 0 Å². The van der Waals surface area contributed by atoms with Gasteiger partial charge in [-0.2, -0.15) is 0 Å². The molecule has 14 heavy (non-hydrogen) atoms. The first-order chi connectivity index (χ1) is 6.40. The van der Waals surface area contributed by atoms with Gasteiger partial charge in [0.05, 0.1) is 11.0 Å². The highest BCUT2D eigenvalue weighted by molar-refractivity contribution is 7.92. The van der Waals surface area contributed by atoms with Gasteiger partial charge in [0.1, 0.15) is 0 Å². The molecule has 0 rings (SSSR count). The third-order valence-corrected chi connectivity index (χ3v) is 4.76. The smallest absolute Gasteiger partial charge is 0.153 e. The SMILES string of the molecule is CCC(Cl)CNCCS(=O)(=O)C(C)C. The third-order valence-electron chi connectivity index (χ3n) is 2.09. The van der Waals surface area contributed by atoms with Crippen molar-refractivity contribution in [3.8, 4) is 0 Å². The lowest BCUT2D eigenvalue weighted by Gasteiger charge is -2.10. The van der Waals surface area contributed by atoms with Crippen molar-refractivity contribution in [2.24, 2.45) is 0 Å². The summed E-state index contributed by atoms with van der Waals surface area (Å²) in [4.78, 5) is 0. The largest absolute Gasteiger partial charge is 0.314 e. The molecule has 0 aliphatic heterocycles. The summed E-state index contributed by atoms with van der Waals surface area (Å²) in [5, 5.41) is 2.84. The van der Waals surface area contributed by atoms with E-state index in [2.05, 4.69) is 5.32 Å².